The maximum Gasteiger partial charge on any atom is 0.390 e. The first-order chi connectivity index (χ1) is 9.40. The van der Waals surface area contributed by atoms with Crippen LogP contribution in [0.2, 0.25) is 0 Å². The molecule has 0 fully saturated rings. The SMILES string of the molecule is CNc1nc(N(C)CCC(F)(F)F)c2ccccc2n1. The van der Waals surface area contributed by atoms with Crippen LogP contribution in [0.5, 0.6) is 0 Å². The molecule has 0 unspecified atom stereocenters. The van der Waals surface area contributed by atoms with Gasteiger partial charge in [-0.1, -0.05) is 12.1 Å². The van der Waals surface area contributed by atoms with Gasteiger partial charge in [0, 0.05) is 26.0 Å². The van der Waals surface area contributed by atoms with Crippen molar-refractivity contribution in [3.05, 3.63) is 24.3 Å². The third-order valence-electron chi connectivity index (χ3n) is 2.90. The van der Waals surface area contributed by atoms with Gasteiger partial charge < -0.3 is 10.2 Å². The molecular weight excluding hydrogens is 269 g/mol. The number of hydrogen-bond acceptors (Lipinski definition) is 4. The fraction of sp³-hybridized carbons (Fsp3) is 0.385. The Labute approximate surface area is 114 Å². The maximum absolute atomic E-state index is 12.3. The summed E-state index contributed by atoms with van der Waals surface area (Å²) in [5.41, 5.74) is 0.695. The van der Waals surface area contributed by atoms with Gasteiger partial charge in [0.1, 0.15) is 5.82 Å². The number of anilines is 2. The number of halogens is 3. The Morgan fingerprint density at radius 1 is 1.20 bits per heavy atom. The van der Waals surface area contributed by atoms with E-state index in [4.69, 9.17) is 0 Å². The molecule has 1 aromatic carbocycles. The number of nitrogens with zero attached hydrogens (tertiary/aromatic N) is 3. The van der Waals surface area contributed by atoms with Gasteiger partial charge in [-0.3, -0.25) is 0 Å². The van der Waals surface area contributed by atoms with E-state index in [0.29, 0.717) is 17.3 Å². The van der Waals surface area contributed by atoms with Crippen molar-refractivity contribution < 1.29 is 13.2 Å². The minimum atomic E-state index is -4.18. The Hall–Kier alpha value is -2.05. The lowest BCUT2D eigenvalue weighted by atomic mass is 10.2. The average Bonchev–Trinajstić information content (AvgIpc) is 2.42. The molecule has 0 spiro atoms. The summed E-state index contributed by atoms with van der Waals surface area (Å²) in [5.74, 6) is 0.877. The highest BCUT2D eigenvalue weighted by Gasteiger charge is 2.27. The molecule has 0 aliphatic heterocycles. The van der Waals surface area contributed by atoms with Gasteiger partial charge >= 0.3 is 6.18 Å². The number of nitrogens with one attached hydrogen (secondary N) is 1. The van der Waals surface area contributed by atoms with Crippen molar-refractivity contribution in [2.24, 2.45) is 0 Å². The van der Waals surface area contributed by atoms with E-state index in [1.54, 1.807) is 26.2 Å². The van der Waals surface area contributed by atoms with Crippen LogP contribution in [0.1, 0.15) is 6.42 Å². The summed E-state index contributed by atoms with van der Waals surface area (Å²) in [4.78, 5) is 10.0. The molecule has 0 saturated heterocycles. The molecule has 0 bridgehead atoms. The Morgan fingerprint density at radius 2 is 1.90 bits per heavy atom. The largest absolute Gasteiger partial charge is 0.390 e. The summed E-state index contributed by atoms with van der Waals surface area (Å²) in [5, 5.41) is 3.55. The van der Waals surface area contributed by atoms with E-state index in [1.165, 1.54) is 4.90 Å². The molecule has 0 saturated carbocycles. The molecule has 2 aromatic rings. The quantitative estimate of drug-likeness (QED) is 0.937. The zero-order valence-corrected chi connectivity index (χ0v) is 11.2. The smallest absolute Gasteiger partial charge is 0.359 e. The molecular formula is C13H15F3N4. The molecule has 2 rings (SSSR count). The molecule has 0 radical (unpaired) electrons. The standard InChI is InChI=1S/C13H15F3N4/c1-17-12-18-10-6-4-3-5-9(10)11(19-12)20(2)8-7-13(14,15)16/h3-6H,7-8H2,1-2H3,(H,17,18,19). The van der Waals surface area contributed by atoms with Gasteiger partial charge in [0.05, 0.1) is 11.9 Å². The molecule has 0 aliphatic carbocycles. The Morgan fingerprint density at radius 3 is 2.55 bits per heavy atom. The number of hydrogen-bond donors (Lipinski definition) is 1. The normalized spacial score (nSPS) is 11.7. The predicted octanol–water partition coefficient (Wildman–Crippen LogP) is 3.06. The fourth-order valence-electron chi connectivity index (χ4n) is 1.86. The highest BCUT2D eigenvalue weighted by Crippen LogP contribution is 2.26. The van der Waals surface area contributed by atoms with E-state index in [1.807, 2.05) is 12.1 Å². The molecule has 0 atom stereocenters. The molecule has 108 valence electrons. The Balaban J connectivity index is 2.36. The summed E-state index contributed by atoms with van der Waals surface area (Å²) in [6.07, 6.45) is -5.06. The molecule has 7 heteroatoms. The lowest BCUT2D eigenvalue weighted by molar-refractivity contribution is -0.132. The van der Waals surface area contributed by atoms with Crippen LogP contribution >= 0.6 is 0 Å². The monoisotopic (exact) mass is 284 g/mol. The van der Waals surface area contributed by atoms with Crippen LogP contribution in [-0.4, -0.2) is 36.8 Å². The van der Waals surface area contributed by atoms with Crippen molar-refractivity contribution in [1.29, 1.82) is 0 Å². The van der Waals surface area contributed by atoms with Crippen molar-refractivity contribution in [2.75, 3.05) is 30.9 Å². The molecule has 0 amide bonds. The topological polar surface area (TPSA) is 41.1 Å². The molecule has 1 heterocycles. The first kappa shape index (κ1) is 14.4. The summed E-state index contributed by atoms with van der Waals surface area (Å²) in [6.45, 7) is -0.145. The van der Waals surface area contributed by atoms with Crippen LogP contribution in [-0.2, 0) is 0 Å². The summed E-state index contributed by atoms with van der Waals surface area (Å²) in [7, 11) is 3.27. The van der Waals surface area contributed by atoms with Crippen molar-refractivity contribution in [2.45, 2.75) is 12.6 Å². The third-order valence-corrected chi connectivity index (χ3v) is 2.90. The van der Waals surface area contributed by atoms with E-state index in [2.05, 4.69) is 15.3 Å². The Bertz CT molecular complexity index is 598. The van der Waals surface area contributed by atoms with Crippen molar-refractivity contribution >= 4 is 22.7 Å². The van der Waals surface area contributed by atoms with Crippen LogP contribution in [0, 0.1) is 0 Å². The lowest BCUT2D eigenvalue weighted by Gasteiger charge is -2.21. The van der Waals surface area contributed by atoms with Crippen molar-refractivity contribution in [3.8, 4) is 0 Å². The number of fused-ring (bicyclic) bond motifs is 1. The number of benzene rings is 1. The molecule has 1 N–H and O–H groups in total. The minimum absolute atomic E-state index is 0.145. The second kappa shape index (κ2) is 5.52. The molecule has 0 aliphatic rings. The number of alkyl halides is 3. The summed E-state index contributed by atoms with van der Waals surface area (Å²) >= 11 is 0. The van der Waals surface area contributed by atoms with Gasteiger partial charge in [-0.2, -0.15) is 18.2 Å². The highest BCUT2D eigenvalue weighted by atomic mass is 19.4. The van der Waals surface area contributed by atoms with E-state index in [-0.39, 0.29) is 6.54 Å². The third kappa shape index (κ3) is 3.28. The number of rotatable bonds is 4. The van der Waals surface area contributed by atoms with Crippen molar-refractivity contribution in [3.63, 3.8) is 0 Å². The minimum Gasteiger partial charge on any atom is -0.359 e. The van der Waals surface area contributed by atoms with Crippen LogP contribution in [0.15, 0.2) is 24.3 Å². The van der Waals surface area contributed by atoms with Crippen LogP contribution in [0.4, 0.5) is 24.9 Å². The fourth-order valence-corrected chi connectivity index (χ4v) is 1.86. The van der Waals surface area contributed by atoms with E-state index >= 15 is 0 Å². The van der Waals surface area contributed by atoms with E-state index in [0.717, 1.165) is 5.39 Å². The van der Waals surface area contributed by atoms with Gasteiger partial charge in [-0.25, -0.2) is 4.98 Å². The number of aromatic nitrogens is 2. The molecule has 1 aromatic heterocycles. The molecule has 4 nitrogen and oxygen atoms in total. The zero-order chi connectivity index (χ0) is 14.8. The first-order valence-corrected chi connectivity index (χ1v) is 6.13. The van der Waals surface area contributed by atoms with Crippen LogP contribution in [0.3, 0.4) is 0 Å². The van der Waals surface area contributed by atoms with E-state index < -0.39 is 12.6 Å². The first-order valence-electron chi connectivity index (χ1n) is 6.13. The van der Waals surface area contributed by atoms with Gasteiger partial charge in [0.25, 0.3) is 0 Å². The second-order valence-corrected chi connectivity index (χ2v) is 4.42. The van der Waals surface area contributed by atoms with Gasteiger partial charge in [0.2, 0.25) is 5.95 Å². The number of para-hydroxylation sites is 1. The van der Waals surface area contributed by atoms with E-state index in [9.17, 15) is 13.2 Å². The van der Waals surface area contributed by atoms with Gasteiger partial charge in [-0.15, -0.1) is 0 Å². The Kier molecular flexibility index (Phi) is 3.96. The summed E-state index contributed by atoms with van der Waals surface area (Å²) in [6, 6.07) is 7.24. The highest BCUT2D eigenvalue weighted by molar-refractivity contribution is 5.90. The van der Waals surface area contributed by atoms with Crippen molar-refractivity contribution in [1.82, 2.24) is 9.97 Å². The maximum atomic E-state index is 12.3. The van der Waals surface area contributed by atoms with Gasteiger partial charge in [0.15, 0.2) is 0 Å². The summed E-state index contributed by atoms with van der Waals surface area (Å²) < 4.78 is 37.0. The lowest BCUT2D eigenvalue weighted by Crippen LogP contribution is -2.25. The van der Waals surface area contributed by atoms with Crippen LogP contribution < -0.4 is 10.2 Å². The molecule has 20 heavy (non-hydrogen) atoms. The predicted molar refractivity (Wildman–Crippen MR) is 73.0 cm³/mol. The second-order valence-electron chi connectivity index (χ2n) is 4.42. The zero-order valence-electron chi connectivity index (χ0n) is 11.2. The van der Waals surface area contributed by atoms with Gasteiger partial charge in [-0.05, 0) is 12.1 Å². The average molecular weight is 284 g/mol. The van der Waals surface area contributed by atoms with Crippen LogP contribution in [0.25, 0.3) is 10.9 Å².